The van der Waals surface area contributed by atoms with Gasteiger partial charge in [0.2, 0.25) is 0 Å². The van der Waals surface area contributed by atoms with Crippen molar-refractivity contribution in [1.82, 2.24) is 0 Å². The zero-order valence-electron chi connectivity index (χ0n) is 6.87. The monoisotopic (exact) mass is 265 g/mol. The molecular formula is C8H9BrClNO2. The Labute approximate surface area is 90.5 Å². The summed E-state index contributed by atoms with van der Waals surface area (Å²) in [5, 5.41) is 9.37. The fourth-order valence-electron chi connectivity index (χ4n) is 0.923. The Morgan fingerprint density at radius 1 is 1.54 bits per heavy atom. The Bertz CT molecular complexity index is 341. The van der Waals surface area contributed by atoms with Crippen molar-refractivity contribution in [1.29, 1.82) is 0 Å². The third-order valence-corrected chi connectivity index (χ3v) is 1.99. The average molecular weight is 267 g/mol. The van der Waals surface area contributed by atoms with E-state index in [0.29, 0.717) is 5.56 Å². The number of hydrogen-bond acceptors (Lipinski definition) is 2. The van der Waals surface area contributed by atoms with Crippen LogP contribution in [0.1, 0.15) is 15.9 Å². The number of halogens is 2. The molecule has 0 spiro atoms. The molecule has 3 N–H and O–H groups in total. The van der Waals surface area contributed by atoms with E-state index in [1.807, 2.05) is 0 Å². The van der Waals surface area contributed by atoms with Crippen molar-refractivity contribution in [2.24, 2.45) is 5.73 Å². The molecule has 3 nitrogen and oxygen atoms in total. The molecule has 1 rings (SSSR count). The van der Waals surface area contributed by atoms with Crippen molar-refractivity contribution in [2.45, 2.75) is 6.92 Å². The van der Waals surface area contributed by atoms with Crippen LogP contribution in [0.4, 0.5) is 0 Å². The highest BCUT2D eigenvalue weighted by Crippen LogP contribution is 2.25. The van der Waals surface area contributed by atoms with Gasteiger partial charge < -0.3 is 10.8 Å². The second-order valence-electron chi connectivity index (χ2n) is 2.48. The second kappa shape index (κ2) is 4.48. The maximum Gasteiger partial charge on any atom is 0.252 e. The molecule has 13 heavy (non-hydrogen) atoms. The van der Waals surface area contributed by atoms with E-state index in [-0.39, 0.29) is 23.7 Å². The number of aromatic hydroxyl groups is 1. The summed E-state index contributed by atoms with van der Waals surface area (Å²) in [6.07, 6.45) is 0. The van der Waals surface area contributed by atoms with Gasteiger partial charge >= 0.3 is 0 Å². The molecule has 5 heteroatoms. The molecule has 0 saturated heterocycles. The largest absolute Gasteiger partial charge is 0.507 e. The summed E-state index contributed by atoms with van der Waals surface area (Å²) in [5.74, 6) is -0.678. The van der Waals surface area contributed by atoms with E-state index in [2.05, 4.69) is 15.9 Å². The van der Waals surface area contributed by atoms with Crippen LogP contribution in [0, 0.1) is 6.92 Å². The summed E-state index contributed by atoms with van der Waals surface area (Å²) < 4.78 is 0.728. The molecule has 0 aliphatic carbocycles. The zero-order chi connectivity index (χ0) is 9.30. The van der Waals surface area contributed by atoms with Crippen LogP contribution < -0.4 is 5.73 Å². The summed E-state index contributed by atoms with van der Waals surface area (Å²) in [6.45, 7) is 1.70. The molecule has 0 aliphatic rings. The minimum Gasteiger partial charge on any atom is -0.507 e. The first-order valence-electron chi connectivity index (χ1n) is 3.31. The number of nitrogens with two attached hydrogens (primary N) is 1. The van der Waals surface area contributed by atoms with Crippen LogP contribution in [0.2, 0.25) is 0 Å². The number of hydrogen-bond donors (Lipinski definition) is 2. The summed E-state index contributed by atoms with van der Waals surface area (Å²) in [5.41, 5.74) is 5.80. The lowest BCUT2D eigenvalue weighted by Crippen LogP contribution is -2.11. The average Bonchev–Trinajstić information content (AvgIpc) is 1.96. The van der Waals surface area contributed by atoms with Gasteiger partial charge in [-0.1, -0.05) is 15.9 Å². The van der Waals surface area contributed by atoms with E-state index >= 15 is 0 Å². The summed E-state index contributed by atoms with van der Waals surface area (Å²) in [7, 11) is 0. The molecule has 0 saturated carbocycles. The van der Waals surface area contributed by atoms with Gasteiger partial charge in [0.25, 0.3) is 5.91 Å². The van der Waals surface area contributed by atoms with Crippen LogP contribution >= 0.6 is 28.3 Å². The third kappa shape index (κ3) is 2.60. The molecule has 0 bridgehead atoms. The van der Waals surface area contributed by atoms with E-state index in [1.165, 1.54) is 6.07 Å². The summed E-state index contributed by atoms with van der Waals surface area (Å²) in [6, 6.07) is 3.20. The maximum absolute atomic E-state index is 10.8. The molecule has 0 aliphatic heterocycles. The molecule has 0 unspecified atom stereocenters. The van der Waals surface area contributed by atoms with Gasteiger partial charge in [0, 0.05) is 4.47 Å². The van der Waals surface area contributed by atoms with E-state index in [1.54, 1.807) is 13.0 Å². The number of rotatable bonds is 1. The number of benzene rings is 1. The first-order valence-corrected chi connectivity index (χ1v) is 4.10. The molecule has 1 amide bonds. The maximum atomic E-state index is 10.8. The molecule has 0 heterocycles. The van der Waals surface area contributed by atoms with E-state index < -0.39 is 5.91 Å². The van der Waals surface area contributed by atoms with Gasteiger partial charge in [0.1, 0.15) is 5.75 Å². The van der Waals surface area contributed by atoms with Crippen molar-refractivity contribution in [3.8, 4) is 5.75 Å². The normalized spacial score (nSPS) is 9.08. The van der Waals surface area contributed by atoms with Gasteiger partial charge in [0.05, 0.1) is 5.56 Å². The number of carbonyl (C=O) groups is 1. The van der Waals surface area contributed by atoms with Crippen molar-refractivity contribution in [2.75, 3.05) is 0 Å². The Kier molecular flexibility index (Phi) is 4.23. The summed E-state index contributed by atoms with van der Waals surface area (Å²) in [4.78, 5) is 10.8. The molecule has 0 atom stereocenters. The highest BCUT2D eigenvalue weighted by Gasteiger charge is 2.10. The second-order valence-corrected chi connectivity index (χ2v) is 3.40. The Morgan fingerprint density at radius 3 is 2.54 bits per heavy atom. The number of carbonyl (C=O) groups excluding carboxylic acids is 1. The van der Waals surface area contributed by atoms with Crippen LogP contribution in [0.3, 0.4) is 0 Å². The van der Waals surface area contributed by atoms with Gasteiger partial charge in [-0.2, -0.15) is 0 Å². The van der Waals surface area contributed by atoms with Gasteiger partial charge in [0.15, 0.2) is 0 Å². The number of amides is 1. The van der Waals surface area contributed by atoms with Gasteiger partial charge in [-0.15, -0.1) is 12.4 Å². The van der Waals surface area contributed by atoms with Gasteiger partial charge in [-0.25, -0.2) is 0 Å². The first kappa shape index (κ1) is 12.3. The number of aryl methyl sites for hydroxylation is 1. The predicted molar refractivity (Wildman–Crippen MR) is 56.3 cm³/mol. The SMILES string of the molecule is Cc1cc(Br)cc(C(N)=O)c1O.Cl. The molecule has 0 fully saturated rings. The van der Waals surface area contributed by atoms with Crippen molar-refractivity contribution < 1.29 is 9.90 Å². The lowest BCUT2D eigenvalue weighted by molar-refractivity contribution is 0.0997. The Morgan fingerprint density at radius 2 is 2.08 bits per heavy atom. The number of primary amides is 1. The van der Waals surface area contributed by atoms with Gasteiger partial charge in [-0.3, -0.25) is 4.79 Å². The number of phenols is 1. The Hall–Kier alpha value is -0.740. The van der Waals surface area contributed by atoms with E-state index in [4.69, 9.17) is 5.73 Å². The smallest absolute Gasteiger partial charge is 0.252 e. The topological polar surface area (TPSA) is 63.3 Å². The van der Waals surface area contributed by atoms with Crippen LogP contribution in [-0.4, -0.2) is 11.0 Å². The quantitative estimate of drug-likeness (QED) is 0.816. The van der Waals surface area contributed by atoms with E-state index in [0.717, 1.165) is 4.47 Å². The summed E-state index contributed by atoms with van der Waals surface area (Å²) >= 11 is 3.20. The molecule has 1 aromatic rings. The molecule has 0 radical (unpaired) electrons. The van der Waals surface area contributed by atoms with Crippen LogP contribution in [0.15, 0.2) is 16.6 Å². The van der Waals surface area contributed by atoms with Crippen molar-refractivity contribution in [3.05, 3.63) is 27.7 Å². The lowest BCUT2D eigenvalue weighted by Gasteiger charge is -2.04. The molecule has 1 aromatic carbocycles. The fraction of sp³-hybridized carbons (Fsp3) is 0.125. The highest BCUT2D eigenvalue weighted by molar-refractivity contribution is 9.10. The highest BCUT2D eigenvalue weighted by atomic mass is 79.9. The minimum absolute atomic E-state index is 0. The zero-order valence-corrected chi connectivity index (χ0v) is 9.28. The molecular weight excluding hydrogens is 257 g/mol. The lowest BCUT2D eigenvalue weighted by atomic mass is 10.1. The molecule has 0 aromatic heterocycles. The van der Waals surface area contributed by atoms with Crippen LogP contribution in [-0.2, 0) is 0 Å². The molecule has 72 valence electrons. The predicted octanol–water partition coefficient (Wildman–Crippen LogP) is 1.98. The van der Waals surface area contributed by atoms with E-state index in [9.17, 15) is 9.90 Å². The first-order chi connectivity index (χ1) is 5.52. The van der Waals surface area contributed by atoms with Crippen molar-refractivity contribution >= 4 is 34.2 Å². The fourth-order valence-corrected chi connectivity index (χ4v) is 1.50. The van der Waals surface area contributed by atoms with Crippen LogP contribution in [0.5, 0.6) is 5.75 Å². The van der Waals surface area contributed by atoms with Crippen molar-refractivity contribution in [3.63, 3.8) is 0 Å². The third-order valence-electron chi connectivity index (χ3n) is 1.53. The van der Waals surface area contributed by atoms with Crippen LogP contribution in [0.25, 0.3) is 0 Å². The Balaban J connectivity index is 0.00000144. The standard InChI is InChI=1S/C8H8BrNO2.ClH/c1-4-2-5(9)3-6(7(4)11)8(10)12;/h2-3,11H,1H3,(H2,10,12);1H. The minimum atomic E-state index is -0.628. The van der Waals surface area contributed by atoms with Gasteiger partial charge in [-0.05, 0) is 24.6 Å².